The van der Waals surface area contributed by atoms with Gasteiger partial charge in [-0.25, -0.2) is 0 Å². The molecule has 82 valence electrons. The average molecular weight is 217 g/mol. The molecule has 3 rings (SSSR count). The highest BCUT2D eigenvalue weighted by Crippen LogP contribution is 2.34. The van der Waals surface area contributed by atoms with E-state index in [2.05, 4.69) is 5.32 Å². The average Bonchev–Trinajstić information content (AvgIpc) is 2.46. The van der Waals surface area contributed by atoms with Gasteiger partial charge in [-0.1, -0.05) is 0 Å². The van der Waals surface area contributed by atoms with Gasteiger partial charge in [-0.2, -0.15) is 0 Å². The van der Waals surface area contributed by atoms with Crippen LogP contribution in [0.3, 0.4) is 0 Å². The van der Waals surface area contributed by atoms with Crippen molar-refractivity contribution in [2.75, 3.05) is 13.2 Å². The minimum absolute atomic E-state index is 0.00771. The maximum atomic E-state index is 11.4. The number of benzene rings is 1. The Morgan fingerprint density at radius 2 is 1.88 bits per heavy atom. The lowest BCUT2D eigenvalue weighted by Crippen LogP contribution is -2.18. The molecule has 1 aromatic rings. The van der Waals surface area contributed by atoms with Crippen LogP contribution in [0.15, 0.2) is 18.3 Å². The largest absolute Gasteiger partial charge is 0.486 e. The summed E-state index contributed by atoms with van der Waals surface area (Å²) in [7, 11) is 0. The first-order valence-electron chi connectivity index (χ1n) is 5.21. The van der Waals surface area contributed by atoms with E-state index < -0.39 is 0 Å². The van der Waals surface area contributed by atoms with Crippen LogP contribution in [0.1, 0.15) is 11.1 Å². The Bertz CT molecular complexity index is 479. The molecule has 0 aromatic heterocycles. The molecule has 0 atom stereocenters. The highest BCUT2D eigenvalue weighted by molar-refractivity contribution is 5.83. The van der Waals surface area contributed by atoms with E-state index in [0.717, 1.165) is 22.6 Å². The fourth-order valence-corrected chi connectivity index (χ4v) is 1.90. The molecule has 1 amide bonds. The van der Waals surface area contributed by atoms with Crippen LogP contribution in [0, 0.1) is 0 Å². The summed E-state index contributed by atoms with van der Waals surface area (Å²) in [4.78, 5) is 11.4. The van der Waals surface area contributed by atoms with Gasteiger partial charge in [0.2, 0.25) is 5.91 Å². The Morgan fingerprint density at radius 3 is 2.69 bits per heavy atom. The van der Waals surface area contributed by atoms with Gasteiger partial charge in [0.15, 0.2) is 11.5 Å². The molecule has 0 spiro atoms. The number of rotatable bonds is 0. The van der Waals surface area contributed by atoms with Crippen LogP contribution >= 0.6 is 0 Å². The van der Waals surface area contributed by atoms with E-state index in [4.69, 9.17) is 9.47 Å². The zero-order chi connectivity index (χ0) is 11.0. The molecule has 16 heavy (non-hydrogen) atoms. The molecule has 2 aliphatic rings. The smallest absolute Gasteiger partial charge is 0.228 e. The van der Waals surface area contributed by atoms with E-state index in [-0.39, 0.29) is 5.91 Å². The molecular formula is C12H11NO3. The van der Waals surface area contributed by atoms with E-state index in [1.807, 2.05) is 18.2 Å². The number of nitrogens with one attached hydrogen (secondary N) is 1. The third-order valence-corrected chi connectivity index (χ3v) is 2.66. The number of carbonyl (C=O) groups is 1. The lowest BCUT2D eigenvalue weighted by Gasteiger charge is -2.19. The number of hydrogen-bond donors (Lipinski definition) is 1. The van der Waals surface area contributed by atoms with Gasteiger partial charge >= 0.3 is 0 Å². The van der Waals surface area contributed by atoms with Gasteiger partial charge in [-0.15, -0.1) is 0 Å². The molecule has 2 aliphatic heterocycles. The maximum absolute atomic E-state index is 11.4. The summed E-state index contributed by atoms with van der Waals surface area (Å²) in [6, 6.07) is 3.81. The van der Waals surface area contributed by atoms with Crippen molar-refractivity contribution in [1.29, 1.82) is 0 Å². The molecule has 0 saturated carbocycles. The fraction of sp³-hybridized carbons (Fsp3) is 0.250. The lowest BCUT2D eigenvalue weighted by molar-refractivity contribution is -0.119. The Balaban J connectivity index is 2.09. The van der Waals surface area contributed by atoms with Crippen LogP contribution in [-0.2, 0) is 11.2 Å². The van der Waals surface area contributed by atoms with Crippen molar-refractivity contribution in [1.82, 2.24) is 5.32 Å². The molecular weight excluding hydrogens is 206 g/mol. The SMILES string of the molecule is O=C1Cc2cc3c(cc2C=CN1)OCCO3. The minimum atomic E-state index is -0.00771. The van der Waals surface area contributed by atoms with Gasteiger partial charge in [-0.3, -0.25) is 4.79 Å². The Morgan fingerprint density at radius 1 is 1.12 bits per heavy atom. The number of fused-ring (bicyclic) bond motifs is 2. The third-order valence-electron chi connectivity index (χ3n) is 2.66. The fourth-order valence-electron chi connectivity index (χ4n) is 1.90. The van der Waals surface area contributed by atoms with Crippen LogP contribution in [0.25, 0.3) is 6.08 Å². The van der Waals surface area contributed by atoms with Crippen LogP contribution in [-0.4, -0.2) is 19.1 Å². The Hall–Kier alpha value is -1.97. The van der Waals surface area contributed by atoms with Crippen molar-refractivity contribution in [3.8, 4) is 11.5 Å². The third kappa shape index (κ3) is 1.52. The van der Waals surface area contributed by atoms with Gasteiger partial charge < -0.3 is 14.8 Å². The molecule has 0 fully saturated rings. The zero-order valence-corrected chi connectivity index (χ0v) is 8.66. The van der Waals surface area contributed by atoms with Gasteiger partial charge in [0.1, 0.15) is 13.2 Å². The van der Waals surface area contributed by atoms with Gasteiger partial charge in [-0.05, 0) is 29.3 Å². The van der Waals surface area contributed by atoms with Gasteiger partial charge in [0, 0.05) is 6.20 Å². The Labute approximate surface area is 92.9 Å². The molecule has 2 heterocycles. The summed E-state index contributed by atoms with van der Waals surface area (Å²) < 4.78 is 11.0. The second-order valence-corrected chi connectivity index (χ2v) is 3.77. The second kappa shape index (κ2) is 3.56. The monoisotopic (exact) mass is 217 g/mol. The zero-order valence-electron chi connectivity index (χ0n) is 8.66. The second-order valence-electron chi connectivity index (χ2n) is 3.77. The van der Waals surface area contributed by atoms with Crippen LogP contribution in [0.5, 0.6) is 11.5 Å². The number of hydrogen-bond acceptors (Lipinski definition) is 3. The molecule has 0 saturated heterocycles. The number of carbonyl (C=O) groups excluding carboxylic acids is 1. The topological polar surface area (TPSA) is 47.6 Å². The molecule has 0 unspecified atom stereocenters. The van der Waals surface area contributed by atoms with Crippen LogP contribution in [0.2, 0.25) is 0 Å². The molecule has 0 bridgehead atoms. The summed E-state index contributed by atoms with van der Waals surface area (Å²) in [6.07, 6.45) is 3.90. The van der Waals surface area contributed by atoms with E-state index in [0.29, 0.717) is 19.6 Å². The van der Waals surface area contributed by atoms with E-state index in [9.17, 15) is 4.79 Å². The maximum Gasteiger partial charge on any atom is 0.228 e. The van der Waals surface area contributed by atoms with Crippen molar-refractivity contribution < 1.29 is 14.3 Å². The minimum Gasteiger partial charge on any atom is -0.486 e. The summed E-state index contributed by atoms with van der Waals surface area (Å²) in [5.74, 6) is 1.48. The predicted molar refractivity (Wildman–Crippen MR) is 58.3 cm³/mol. The van der Waals surface area contributed by atoms with Gasteiger partial charge in [0.05, 0.1) is 6.42 Å². The standard InChI is InChI=1S/C12H11NO3/c14-12-7-9-6-11-10(15-3-4-16-11)5-8(9)1-2-13-12/h1-2,5-6H,3-4,7H2,(H,13,14). The molecule has 1 N–H and O–H groups in total. The molecule has 0 radical (unpaired) electrons. The van der Waals surface area contributed by atoms with E-state index in [1.54, 1.807) is 6.20 Å². The normalized spacial score (nSPS) is 17.4. The van der Waals surface area contributed by atoms with Crippen molar-refractivity contribution in [3.05, 3.63) is 29.5 Å². The van der Waals surface area contributed by atoms with Crippen molar-refractivity contribution in [3.63, 3.8) is 0 Å². The molecule has 1 aromatic carbocycles. The number of ether oxygens (including phenoxy) is 2. The summed E-state index contributed by atoms with van der Waals surface area (Å²) in [6.45, 7) is 1.14. The van der Waals surface area contributed by atoms with Crippen molar-refractivity contribution in [2.24, 2.45) is 0 Å². The summed E-state index contributed by atoms with van der Waals surface area (Å²) >= 11 is 0. The van der Waals surface area contributed by atoms with Crippen LogP contribution < -0.4 is 14.8 Å². The first kappa shape index (κ1) is 9.27. The lowest BCUT2D eigenvalue weighted by atomic mass is 10.0. The van der Waals surface area contributed by atoms with Crippen LogP contribution in [0.4, 0.5) is 0 Å². The molecule has 4 nitrogen and oxygen atoms in total. The van der Waals surface area contributed by atoms with E-state index in [1.165, 1.54) is 0 Å². The highest BCUT2D eigenvalue weighted by Gasteiger charge is 2.17. The van der Waals surface area contributed by atoms with E-state index >= 15 is 0 Å². The molecule has 0 aliphatic carbocycles. The van der Waals surface area contributed by atoms with Gasteiger partial charge in [0.25, 0.3) is 0 Å². The highest BCUT2D eigenvalue weighted by atomic mass is 16.6. The molecule has 4 heteroatoms. The first-order chi connectivity index (χ1) is 7.83. The summed E-state index contributed by atoms with van der Waals surface area (Å²) in [5.41, 5.74) is 1.97. The first-order valence-corrected chi connectivity index (χ1v) is 5.21. The van der Waals surface area contributed by atoms with Crippen molar-refractivity contribution in [2.45, 2.75) is 6.42 Å². The summed E-state index contributed by atoms with van der Waals surface area (Å²) in [5, 5.41) is 2.68. The predicted octanol–water partition coefficient (Wildman–Crippen LogP) is 1.10. The quantitative estimate of drug-likeness (QED) is 0.708. The number of amides is 1. The van der Waals surface area contributed by atoms with Crippen molar-refractivity contribution >= 4 is 12.0 Å². The Kier molecular flexibility index (Phi) is 2.06.